The summed E-state index contributed by atoms with van der Waals surface area (Å²) < 4.78 is 17.8. The summed E-state index contributed by atoms with van der Waals surface area (Å²) in [6, 6.07) is 7.35. The van der Waals surface area contributed by atoms with Crippen LogP contribution in [0.4, 0.5) is 5.69 Å². The molecular weight excluding hydrogens is 446 g/mol. The van der Waals surface area contributed by atoms with Crippen molar-refractivity contribution in [3.05, 3.63) is 80.2 Å². The van der Waals surface area contributed by atoms with Crippen molar-refractivity contribution in [2.75, 3.05) is 18.9 Å². The normalized spacial score (nSPS) is 31.5. The van der Waals surface area contributed by atoms with E-state index in [1.807, 2.05) is 12.1 Å². The molecule has 5 rings (SSSR count). The number of hydrogen-bond acceptors (Lipinski definition) is 7. The SMILES string of the molecule is COc1oc([C@H]2C[C@]3(CO2)[C@@H]2C(C)=CC(C)=C[C@]2(C)[C@@H]3c2ccc(N(O)O)cc2)c(C)c(=O)c1C. The molecule has 1 aliphatic heterocycles. The van der Waals surface area contributed by atoms with Gasteiger partial charge >= 0.3 is 0 Å². The van der Waals surface area contributed by atoms with E-state index in [0.29, 0.717) is 35.6 Å². The Bertz CT molecular complexity index is 1290. The Hall–Kier alpha value is -2.87. The van der Waals surface area contributed by atoms with Gasteiger partial charge in [0.25, 0.3) is 5.95 Å². The highest BCUT2D eigenvalue weighted by atomic mass is 16.8. The molecule has 3 aliphatic rings. The maximum absolute atomic E-state index is 12.9. The molecule has 0 bridgehead atoms. The molecule has 0 amide bonds. The summed E-state index contributed by atoms with van der Waals surface area (Å²) in [6.07, 6.45) is 4.98. The van der Waals surface area contributed by atoms with Crippen molar-refractivity contribution in [1.82, 2.24) is 0 Å². The average molecular weight is 480 g/mol. The first-order chi connectivity index (χ1) is 16.5. The minimum Gasteiger partial charge on any atom is -0.468 e. The van der Waals surface area contributed by atoms with E-state index < -0.39 is 0 Å². The molecule has 35 heavy (non-hydrogen) atoms. The fraction of sp³-hybridized carbons (Fsp3) is 0.464. The number of hydrogen-bond donors (Lipinski definition) is 2. The van der Waals surface area contributed by atoms with Gasteiger partial charge in [-0.3, -0.25) is 15.2 Å². The van der Waals surface area contributed by atoms with E-state index in [4.69, 9.17) is 13.9 Å². The Morgan fingerprint density at radius 3 is 2.37 bits per heavy atom. The molecule has 1 spiro atoms. The minimum absolute atomic E-state index is 0.0805. The molecule has 2 heterocycles. The molecule has 186 valence electrons. The van der Waals surface area contributed by atoms with Crippen molar-refractivity contribution < 1.29 is 24.3 Å². The Balaban J connectivity index is 1.59. The van der Waals surface area contributed by atoms with Crippen LogP contribution in [0.25, 0.3) is 0 Å². The highest BCUT2D eigenvalue weighted by molar-refractivity contribution is 5.50. The Morgan fingerprint density at radius 1 is 1.06 bits per heavy atom. The van der Waals surface area contributed by atoms with Gasteiger partial charge in [0.2, 0.25) is 0 Å². The van der Waals surface area contributed by atoms with E-state index >= 15 is 0 Å². The molecule has 1 aromatic heterocycles. The summed E-state index contributed by atoms with van der Waals surface area (Å²) in [4.78, 5) is 12.9. The predicted octanol–water partition coefficient (Wildman–Crippen LogP) is 5.62. The lowest BCUT2D eigenvalue weighted by Gasteiger charge is -2.67. The summed E-state index contributed by atoms with van der Waals surface area (Å²) in [6.45, 7) is 10.7. The van der Waals surface area contributed by atoms with Crippen LogP contribution >= 0.6 is 0 Å². The van der Waals surface area contributed by atoms with Crippen LogP contribution in [0.1, 0.15) is 61.7 Å². The smallest absolute Gasteiger partial charge is 0.291 e. The molecule has 2 N–H and O–H groups in total. The fourth-order valence-corrected chi connectivity index (χ4v) is 7.58. The van der Waals surface area contributed by atoms with Crippen LogP contribution in [-0.2, 0) is 4.74 Å². The van der Waals surface area contributed by atoms with Gasteiger partial charge in [-0.2, -0.15) is 0 Å². The summed E-state index contributed by atoms with van der Waals surface area (Å²) >= 11 is 0. The van der Waals surface area contributed by atoms with Crippen LogP contribution in [0.2, 0.25) is 0 Å². The second kappa shape index (κ2) is 8.08. The summed E-state index contributed by atoms with van der Waals surface area (Å²) in [7, 11) is 1.50. The van der Waals surface area contributed by atoms with E-state index in [1.165, 1.54) is 18.3 Å². The van der Waals surface area contributed by atoms with Gasteiger partial charge in [0.05, 0.1) is 25.0 Å². The summed E-state index contributed by atoms with van der Waals surface area (Å²) in [5.41, 5.74) is 4.65. The lowest BCUT2D eigenvalue weighted by atomic mass is 9.35. The number of fused-ring (bicyclic) bond motifs is 2. The largest absolute Gasteiger partial charge is 0.468 e. The van der Waals surface area contributed by atoms with Crippen molar-refractivity contribution in [2.45, 2.75) is 53.1 Å². The zero-order chi connectivity index (χ0) is 25.3. The Morgan fingerprint density at radius 2 is 1.74 bits per heavy atom. The van der Waals surface area contributed by atoms with E-state index in [1.54, 1.807) is 26.0 Å². The van der Waals surface area contributed by atoms with Crippen molar-refractivity contribution in [2.24, 2.45) is 16.7 Å². The molecule has 2 aromatic rings. The standard InChI is InChI=1S/C28H33NO6/c1-15-11-16(2)24-27(5,12-15)25(19-7-9-20(10-8-19)29(31)32)28(24)13-21(34-14-28)23-17(3)22(30)18(4)26(33-6)35-23/h7-12,21,24-25,31-32H,13-14H2,1-6H3/t21-,24-,25+,27+,28+/m1/s1. The van der Waals surface area contributed by atoms with Gasteiger partial charge in [-0.1, -0.05) is 42.4 Å². The lowest BCUT2D eigenvalue weighted by Crippen LogP contribution is -2.62. The zero-order valence-electron chi connectivity index (χ0n) is 21.1. The number of ether oxygens (including phenoxy) is 2. The molecule has 7 heteroatoms. The van der Waals surface area contributed by atoms with Crippen LogP contribution in [-0.4, -0.2) is 24.1 Å². The molecule has 2 aliphatic carbocycles. The average Bonchev–Trinajstić information content (AvgIpc) is 3.23. The first-order valence-electron chi connectivity index (χ1n) is 12.0. The number of nitrogens with zero attached hydrogens (tertiary/aromatic N) is 1. The molecule has 0 radical (unpaired) electrons. The monoisotopic (exact) mass is 479 g/mol. The summed E-state index contributed by atoms with van der Waals surface area (Å²) in [5.74, 6) is 1.19. The van der Waals surface area contributed by atoms with E-state index in [9.17, 15) is 15.2 Å². The van der Waals surface area contributed by atoms with Crippen molar-refractivity contribution in [1.29, 1.82) is 0 Å². The molecular formula is C28H33NO6. The zero-order valence-corrected chi connectivity index (χ0v) is 21.1. The second-order valence-corrected chi connectivity index (χ2v) is 10.7. The topological polar surface area (TPSA) is 92.4 Å². The van der Waals surface area contributed by atoms with E-state index in [2.05, 4.69) is 32.9 Å². The third-order valence-corrected chi connectivity index (χ3v) is 8.46. The third-order valence-electron chi connectivity index (χ3n) is 8.46. The first kappa shape index (κ1) is 23.9. The van der Waals surface area contributed by atoms with Crippen LogP contribution in [0.15, 0.2) is 56.8 Å². The maximum Gasteiger partial charge on any atom is 0.291 e. The first-order valence-corrected chi connectivity index (χ1v) is 12.0. The van der Waals surface area contributed by atoms with Gasteiger partial charge in [0.1, 0.15) is 11.9 Å². The number of methoxy groups -OCH3 is 1. The molecule has 0 unspecified atom stereocenters. The minimum atomic E-state index is -0.353. The number of allylic oxidation sites excluding steroid dienone is 4. The fourth-order valence-electron chi connectivity index (χ4n) is 7.58. The maximum atomic E-state index is 12.9. The van der Waals surface area contributed by atoms with Crippen LogP contribution in [0.5, 0.6) is 5.95 Å². The van der Waals surface area contributed by atoms with Crippen molar-refractivity contribution in [3.8, 4) is 5.95 Å². The molecule has 1 saturated carbocycles. The quantitative estimate of drug-likeness (QED) is 0.550. The highest BCUT2D eigenvalue weighted by Gasteiger charge is 2.71. The molecule has 1 saturated heterocycles. The predicted molar refractivity (Wildman–Crippen MR) is 131 cm³/mol. The van der Waals surface area contributed by atoms with E-state index in [0.717, 1.165) is 5.56 Å². The number of rotatable bonds is 4. The van der Waals surface area contributed by atoms with Gasteiger partial charge in [-0.15, -0.1) is 5.23 Å². The van der Waals surface area contributed by atoms with Crippen LogP contribution in [0.3, 0.4) is 0 Å². The number of benzene rings is 1. The summed E-state index contributed by atoms with van der Waals surface area (Å²) in [5, 5.41) is 19.0. The van der Waals surface area contributed by atoms with Gasteiger partial charge in [-0.05, 0) is 57.7 Å². The number of anilines is 1. The molecule has 2 fully saturated rings. The molecule has 7 nitrogen and oxygen atoms in total. The second-order valence-electron chi connectivity index (χ2n) is 10.7. The van der Waals surface area contributed by atoms with Gasteiger partial charge in [0, 0.05) is 22.3 Å². The van der Waals surface area contributed by atoms with Crippen LogP contribution < -0.4 is 15.4 Å². The van der Waals surface area contributed by atoms with Gasteiger partial charge < -0.3 is 13.9 Å². The lowest BCUT2D eigenvalue weighted by molar-refractivity contribution is -0.101. The van der Waals surface area contributed by atoms with Crippen molar-refractivity contribution >= 4 is 5.69 Å². The Labute approximate surface area is 205 Å². The molecule has 5 atom stereocenters. The van der Waals surface area contributed by atoms with E-state index in [-0.39, 0.29) is 45.4 Å². The van der Waals surface area contributed by atoms with Gasteiger partial charge in [0.15, 0.2) is 5.43 Å². The van der Waals surface area contributed by atoms with Crippen molar-refractivity contribution in [3.63, 3.8) is 0 Å². The highest BCUT2D eigenvalue weighted by Crippen LogP contribution is 2.76. The molecule has 1 aromatic carbocycles. The van der Waals surface area contributed by atoms with Crippen LogP contribution in [0, 0.1) is 30.6 Å². The third kappa shape index (κ3) is 3.33. The Kier molecular flexibility index (Phi) is 5.51. The van der Waals surface area contributed by atoms with Gasteiger partial charge in [-0.25, -0.2) is 0 Å².